The molecule has 0 aliphatic rings. The highest BCUT2D eigenvalue weighted by atomic mass is 16.5. The maximum absolute atomic E-state index is 12.5. The van der Waals surface area contributed by atoms with Gasteiger partial charge in [-0.2, -0.15) is 0 Å². The third kappa shape index (κ3) is 5.57. The first-order chi connectivity index (χ1) is 12.9. The molecule has 2 aromatic rings. The Kier molecular flexibility index (Phi) is 6.93. The van der Waals surface area contributed by atoms with Gasteiger partial charge in [0.25, 0.3) is 0 Å². The maximum atomic E-state index is 12.5. The van der Waals surface area contributed by atoms with Crippen LogP contribution in [0.15, 0.2) is 48.5 Å². The largest absolute Gasteiger partial charge is 0.462 e. The number of nitrogens with one attached hydrogen (secondary N) is 1. The molecule has 0 saturated heterocycles. The first kappa shape index (κ1) is 20.0. The van der Waals surface area contributed by atoms with Gasteiger partial charge in [0.2, 0.25) is 0 Å². The lowest BCUT2D eigenvalue weighted by molar-refractivity contribution is 0.0527. The van der Waals surface area contributed by atoms with Gasteiger partial charge in [0.05, 0.1) is 18.2 Å². The van der Waals surface area contributed by atoms with Crippen LogP contribution in [0.25, 0.3) is 0 Å². The van der Waals surface area contributed by atoms with Crippen molar-refractivity contribution in [2.45, 2.75) is 26.5 Å². The Morgan fingerprint density at radius 3 is 2.41 bits per heavy atom. The van der Waals surface area contributed by atoms with E-state index in [1.54, 1.807) is 13.8 Å². The number of ketones is 1. The van der Waals surface area contributed by atoms with Gasteiger partial charge in [-0.1, -0.05) is 36.4 Å². The molecule has 0 aliphatic heterocycles. The Bertz CT molecular complexity index is 820. The van der Waals surface area contributed by atoms with E-state index in [4.69, 9.17) is 15.2 Å². The summed E-state index contributed by atoms with van der Waals surface area (Å²) in [6, 6.07) is 12.7. The van der Waals surface area contributed by atoms with Gasteiger partial charge in [0, 0.05) is 11.3 Å². The van der Waals surface area contributed by atoms with Crippen molar-refractivity contribution in [2.24, 2.45) is 0 Å². The third-order valence-corrected chi connectivity index (χ3v) is 3.77. The number of hydrogen-bond acceptors (Lipinski definition) is 6. The van der Waals surface area contributed by atoms with E-state index in [9.17, 15) is 14.4 Å². The van der Waals surface area contributed by atoms with Gasteiger partial charge in [-0.15, -0.1) is 0 Å². The fourth-order valence-electron chi connectivity index (χ4n) is 2.37. The number of ether oxygens (including phenoxy) is 2. The summed E-state index contributed by atoms with van der Waals surface area (Å²) in [6.07, 6.45) is -0.698. The Hall–Kier alpha value is -3.35. The molecule has 0 heterocycles. The van der Waals surface area contributed by atoms with E-state index < -0.39 is 18.1 Å². The Morgan fingerprint density at radius 2 is 1.78 bits per heavy atom. The molecule has 0 aliphatic carbocycles. The highest BCUT2D eigenvalue weighted by Crippen LogP contribution is 2.17. The molecule has 0 bridgehead atoms. The van der Waals surface area contributed by atoms with Crippen molar-refractivity contribution in [3.8, 4) is 0 Å². The summed E-state index contributed by atoms with van der Waals surface area (Å²) in [7, 11) is 0. The number of hydrogen-bond donors (Lipinski definition) is 2. The average molecular weight is 370 g/mol. The summed E-state index contributed by atoms with van der Waals surface area (Å²) in [6.45, 7) is 3.57. The highest BCUT2D eigenvalue weighted by molar-refractivity contribution is 6.04. The first-order valence-electron chi connectivity index (χ1n) is 8.50. The summed E-state index contributed by atoms with van der Waals surface area (Å²) in [5, 5.41) is 2.48. The number of nitrogen functional groups attached to an aromatic ring is 1. The van der Waals surface area contributed by atoms with Crippen molar-refractivity contribution < 1.29 is 23.9 Å². The van der Waals surface area contributed by atoms with Gasteiger partial charge < -0.3 is 20.5 Å². The summed E-state index contributed by atoms with van der Waals surface area (Å²) in [5.41, 5.74) is 7.28. The van der Waals surface area contributed by atoms with E-state index in [1.165, 1.54) is 18.2 Å². The molecular weight excluding hydrogens is 348 g/mol. The van der Waals surface area contributed by atoms with Crippen LogP contribution < -0.4 is 11.1 Å². The summed E-state index contributed by atoms with van der Waals surface area (Å²) >= 11 is 0. The molecule has 7 nitrogen and oxygen atoms in total. The molecule has 1 atom stereocenters. The molecule has 0 spiro atoms. The maximum Gasteiger partial charge on any atom is 0.408 e. The van der Waals surface area contributed by atoms with Crippen LogP contribution in [-0.4, -0.2) is 30.5 Å². The van der Waals surface area contributed by atoms with Gasteiger partial charge in [0.15, 0.2) is 5.78 Å². The lowest BCUT2D eigenvalue weighted by Gasteiger charge is -2.14. The molecule has 0 saturated carbocycles. The minimum Gasteiger partial charge on any atom is -0.462 e. The normalized spacial score (nSPS) is 11.3. The van der Waals surface area contributed by atoms with E-state index in [1.807, 2.05) is 30.3 Å². The molecular formula is C20H22N2O5. The van der Waals surface area contributed by atoms with Crippen LogP contribution in [0.5, 0.6) is 0 Å². The van der Waals surface area contributed by atoms with Gasteiger partial charge in [-0.25, -0.2) is 9.59 Å². The smallest absolute Gasteiger partial charge is 0.408 e. The van der Waals surface area contributed by atoms with Crippen LogP contribution in [0.1, 0.15) is 40.1 Å². The predicted octanol–water partition coefficient (Wildman–Crippen LogP) is 2.94. The highest BCUT2D eigenvalue weighted by Gasteiger charge is 2.20. The molecule has 27 heavy (non-hydrogen) atoms. The third-order valence-electron chi connectivity index (χ3n) is 3.77. The van der Waals surface area contributed by atoms with Gasteiger partial charge in [-0.3, -0.25) is 4.79 Å². The molecule has 7 heteroatoms. The van der Waals surface area contributed by atoms with Crippen molar-refractivity contribution in [2.75, 3.05) is 12.3 Å². The second kappa shape index (κ2) is 9.38. The number of anilines is 1. The Balaban J connectivity index is 1.95. The van der Waals surface area contributed by atoms with Crippen molar-refractivity contribution >= 4 is 23.5 Å². The van der Waals surface area contributed by atoms with Crippen LogP contribution in [0, 0.1) is 0 Å². The second-order valence-corrected chi connectivity index (χ2v) is 5.81. The number of nitrogens with two attached hydrogens (primary N) is 1. The zero-order chi connectivity index (χ0) is 19.8. The number of carbonyl (C=O) groups is 3. The molecule has 0 fully saturated rings. The molecule has 2 rings (SSSR count). The average Bonchev–Trinajstić information content (AvgIpc) is 2.66. The van der Waals surface area contributed by atoms with Crippen molar-refractivity contribution in [1.82, 2.24) is 5.32 Å². The van der Waals surface area contributed by atoms with Gasteiger partial charge in [0.1, 0.15) is 6.61 Å². The second-order valence-electron chi connectivity index (χ2n) is 5.81. The SMILES string of the molecule is CCOC(=O)c1ccc(C(=O)C(C)NC(=O)OCc2ccccc2)cc1N. The molecule has 142 valence electrons. The molecule has 0 radical (unpaired) electrons. The number of esters is 1. The number of rotatable bonds is 7. The monoisotopic (exact) mass is 370 g/mol. The van der Waals surface area contributed by atoms with E-state index >= 15 is 0 Å². The van der Waals surface area contributed by atoms with E-state index in [2.05, 4.69) is 5.32 Å². The molecule has 1 unspecified atom stereocenters. The van der Waals surface area contributed by atoms with Crippen LogP contribution in [0.3, 0.4) is 0 Å². The number of alkyl carbamates (subject to hydrolysis) is 1. The van der Waals surface area contributed by atoms with Crippen molar-refractivity contribution in [1.29, 1.82) is 0 Å². The fraction of sp³-hybridized carbons (Fsp3) is 0.250. The van der Waals surface area contributed by atoms with Crippen LogP contribution in [-0.2, 0) is 16.1 Å². The van der Waals surface area contributed by atoms with Crippen LogP contribution in [0.4, 0.5) is 10.5 Å². The van der Waals surface area contributed by atoms with E-state index in [0.29, 0.717) is 0 Å². The lowest BCUT2D eigenvalue weighted by atomic mass is 10.0. The zero-order valence-electron chi connectivity index (χ0n) is 15.2. The van der Waals surface area contributed by atoms with Gasteiger partial charge in [-0.05, 0) is 31.5 Å². The van der Waals surface area contributed by atoms with Crippen molar-refractivity contribution in [3.05, 3.63) is 65.2 Å². The summed E-state index contributed by atoms with van der Waals surface area (Å²) in [5.74, 6) is -0.904. The number of carbonyl (C=O) groups excluding carboxylic acids is 3. The van der Waals surface area contributed by atoms with Gasteiger partial charge >= 0.3 is 12.1 Å². The zero-order valence-corrected chi connectivity index (χ0v) is 15.2. The topological polar surface area (TPSA) is 108 Å². The standard InChI is InChI=1S/C20H22N2O5/c1-3-26-19(24)16-10-9-15(11-17(16)21)18(23)13(2)22-20(25)27-12-14-7-5-4-6-8-14/h4-11,13H,3,12,21H2,1-2H3,(H,22,25). The molecule has 2 aromatic carbocycles. The number of benzene rings is 2. The first-order valence-corrected chi connectivity index (χ1v) is 8.50. The van der Waals surface area contributed by atoms with E-state index in [0.717, 1.165) is 5.56 Å². The molecule has 3 N–H and O–H groups in total. The minimum absolute atomic E-state index is 0.106. The van der Waals surface area contributed by atoms with E-state index in [-0.39, 0.29) is 35.8 Å². The van der Waals surface area contributed by atoms with Crippen LogP contribution in [0.2, 0.25) is 0 Å². The molecule has 0 aromatic heterocycles. The quantitative estimate of drug-likeness (QED) is 0.441. The molecule has 1 amide bonds. The predicted molar refractivity (Wildman–Crippen MR) is 100 cm³/mol. The number of Topliss-reactive ketones (excluding diaryl/α,β-unsaturated/α-hetero) is 1. The van der Waals surface area contributed by atoms with Crippen molar-refractivity contribution in [3.63, 3.8) is 0 Å². The minimum atomic E-state index is -0.818. The summed E-state index contributed by atoms with van der Waals surface area (Å²) in [4.78, 5) is 36.1. The lowest BCUT2D eigenvalue weighted by Crippen LogP contribution is -2.38. The van der Waals surface area contributed by atoms with Crippen LogP contribution >= 0.6 is 0 Å². The fourth-order valence-corrected chi connectivity index (χ4v) is 2.37. The Morgan fingerprint density at radius 1 is 1.07 bits per heavy atom. The number of amides is 1. The summed E-state index contributed by atoms with van der Waals surface area (Å²) < 4.78 is 9.99. The Labute approximate surface area is 157 Å².